The monoisotopic (exact) mass is 518 g/mol. The predicted molar refractivity (Wildman–Crippen MR) is 167 cm³/mol. The van der Waals surface area contributed by atoms with Gasteiger partial charge in [0.05, 0.1) is 0 Å². The Morgan fingerprint density at radius 2 is 1.00 bits per heavy atom. The fourth-order valence-electron chi connectivity index (χ4n) is 5.56. The van der Waals surface area contributed by atoms with Crippen molar-refractivity contribution < 1.29 is 0 Å². The van der Waals surface area contributed by atoms with Gasteiger partial charge in [0, 0.05) is 19.1 Å². The third-order valence-corrected chi connectivity index (χ3v) is 7.67. The molecule has 0 N–H and O–H groups in total. The van der Waals surface area contributed by atoms with Gasteiger partial charge in [-0.3, -0.25) is 4.90 Å². The maximum absolute atomic E-state index is 2.75. The summed E-state index contributed by atoms with van der Waals surface area (Å²) in [6.45, 7) is 4.30. The second kappa shape index (κ2) is 16.7. The molecule has 0 aliphatic carbocycles. The first-order valence-corrected chi connectivity index (χ1v) is 14.9. The van der Waals surface area contributed by atoms with Crippen LogP contribution in [0.15, 0.2) is 121 Å². The Bertz CT molecular complexity index is 1150. The molecule has 0 bridgehead atoms. The average molecular weight is 519 g/mol. The molecule has 0 spiro atoms. The summed E-state index contributed by atoms with van der Waals surface area (Å²) >= 11 is 0. The summed E-state index contributed by atoms with van der Waals surface area (Å²) in [5.41, 5.74) is 5.71. The molecular formula is C37H46N2. The Kier molecular flexibility index (Phi) is 12.3. The molecule has 204 valence electrons. The SMILES string of the molecule is CN(CCCCC(c1ccccc1)N(CCCCCc1ccccc1)Cc1ccccc1)Cc1ccccc1. The maximum Gasteiger partial charge on any atom is 0.0351 e. The van der Waals surface area contributed by atoms with E-state index >= 15 is 0 Å². The van der Waals surface area contributed by atoms with E-state index in [0.29, 0.717) is 6.04 Å². The van der Waals surface area contributed by atoms with Gasteiger partial charge in [-0.05, 0) is 74.5 Å². The second-order valence-electron chi connectivity index (χ2n) is 10.9. The molecule has 0 saturated carbocycles. The van der Waals surface area contributed by atoms with Crippen molar-refractivity contribution in [3.63, 3.8) is 0 Å². The van der Waals surface area contributed by atoms with Gasteiger partial charge in [0.2, 0.25) is 0 Å². The highest BCUT2D eigenvalue weighted by atomic mass is 15.2. The molecule has 4 aromatic carbocycles. The van der Waals surface area contributed by atoms with Gasteiger partial charge in [0.15, 0.2) is 0 Å². The summed E-state index contributed by atoms with van der Waals surface area (Å²) in [4.78, 5) is 5.21. The van der Waals surface area contributed by atoms with Gasteiger partial charge in [-0.2, -0.15) is 0 Å². The van der Waals surface area contributed by atoms with Crippen molar-refractivity contribution in [1.29, 1.82) is 0 Å². The van der Waals surface area contributed by atoms with Crippen molar-refractivity contribution in [2.24, 2.45) is 0 Å². The summed E-state index contributed by atoms with van der Waals surface area (Å²) in [6, 6.07) is 44.4. The van der Waals surface area contributed by atoms with E-state index in [1.54, 1.807) is 0 Å². The van der Waals surface area contributed by atoms with Crippen LogP contribution in [0.4, 0.5) is 0 Å². The molecule has 1 atom stereocenters. The molecule has 2 nitrogen and oxygen atoms in total. The molecule has 2 heteroatoms. The molecule has 0 aliphatic heterocycles. The number of unbranched alkanes of at least 4 members (excludes halogenated alkanes) is 3. The molecule has 0 aromatic heterocycles. The summed E-state index contributed by atoms with van der Waals surface area (Å²) in [6.07, 6.45) is 8.60. The van der Waals surface area contributed by atoms with E-state index in [4.69, 9.17) is 0 Å². The standard InChI is InChI=1S/C37H46N2/c1-38(31-34-22-9-3-10-23-34)29-18-16-28-37(36-26-14-5-15-27-36)39(32-35-24-11-4-12-25-35)30-17-6-13-21-33-19-7-2-8-20-33/h2-5,7-12,14-15,19-20,22-27,37H,6,13,16-18,21,28-32H2,1H3. The smallest absolute Gasteiger partial charge is 0.0351 e. The Morgan fingerprint density at radius 1 is 0.487 bits per heavy atom. The molecule has 4 rings (SSSR count). The number of benzene rings is 4. The van der Waals surface area contributed by atoms with Crippen LogP contribution in [-0.4, -0.2) is 29.9 Å². The summed E-state index contributed by atoms with van der Waals surface area (Å²) in [5.74, 6) is 0. The fourth-order valence-corrected chi connectivity index (χ4v) is 5.56. The van der Waals surface area contributed by atoms with Gasteiger partial charge in [0.1, 0.15) is 0 Å². The molecule has 0 aliphatic rings. The van der Waals surface area contributed by atoms with E-state index < -0.39 is 0 Å². The third kappa shape index (κ3) is 10.5. The van der Waals surface area contributed by atoms with Gasteiger partial charge >= 0.3 is 0 Å². The predicted octanol–water partition coefficient (Wildman–Crippen LogP) is 8.95. The van der Waals surface area contributed by atoms with E-state index in [2.05, 4.69) is 138 Å². The molecular weight excluding hydrogens is 472 g/mol. The van der Waals surface area contributed by atoms with E-state index in [-0.39, 0.29) is 0 Å². The molecule has 0 amide bonds. The maximum atomic E-state index is 2.75. The van der Waals surface area contributed by atoms with Crippen LogP contribution >= 0.6 is 0 Å². The van der Waals surface area contributed by atoms with E-state index in [0.717, 1.165) is 26.2 Å². The quantitative estimate of drug-likeness (QED) is 0.129. The van der Waals surface area contributed by atoms with Crippen molar-refractivity contribution in [3.05, 3.63) is 144 Å². The van der Waals surface area contributed by atoms with Crippen molar-refractivity contribution in [2.45, 2.75) is 64.1 Å². The highest BCUT2D eigenvalue weighted by Crippen LogP contribution is 2.29. The first-order chi connectivity index (χ1) is 19.3. The lowest BCUT2D eigenvalue weighted by Crippen LogP contribution is -2.30. The van der Waals surface area contributed by atoms with Crippen LogP contribution in [0.5, 0.6) is 0 Å². The zero-order valence-electron chi connectivity index (χ0n) is 23.8. The van der Waals surface area contributed by atoms with Crippen LogP contribution in [0.1, 0.15) is 66.8 Å². The summed E-state index contributed by atoms with van der Waals surface area (Å²) in [5, 5.41) is 0. The lowest BCUT2D eigenvalue weighted by atomic mass is 9.97. The van der Waals surface area contributed by atoms with Crippen molar-refractivity contribution in [1.82, 2.24) is 9.80 Å². The van der Waals surface area contributed by atoms with Crippen molar-refractivity contribution >= 4 is 0 Å². The van der Waals surface area contributed by atoms with E-state index in [1.165, 1.54) is 67.2 Å². The third-order valence-electron chi connectivity index (χ3n) is 7.67. The number of nitrogens with zero attached hydrogens (tertiary/aromatic N) is 2. The van der Waals surface area contributed by atoms with Crippen LogP contribution in [0, 0.1) is 0 Å². The molecule has 0 radical (unpaired) electrons. The fraction of sp³-hybridized carbons (Fsp3) is 0.351. The van der Waals surface area contributed by atoms with Gasteiger partial charge in [-0.1, -0.05) is 134 Å². The zero-order chi connectivity index (χ0) is 27.0. The minimum absolute atomic E-state index is 0.444. The molecule has 0 heterocycles. The largest absolute Gasteiger partial charge is 0.302 e. The number of rotatable bonds is 17. The highest BCUT2D eigenvalue weighted by Gasteiger charge is 2.20. The van der Waals surface area contributed by atoms with Gasteiger partial charge in [-0.25, -0.2) is 0 Å². The average Bonchev–Trinajstić information content (AvgIpc) is 2.98. The summed E-state index contributed by atoms with van der Waals surface area (Å²) in [7, 11) is 2.25. The first kappa shape index (κ1) is 28.8. The summed E-state index contributed by atoms with van der Waals surface area (Å²) < 4.78 is 0. The van der Waals surface area contributed by atoms with Crippen molar-refractivity contribution in [3.8, 4) is 0 Å². The molecule has 4 aromatic rings. The van der Waals surface area contributed by atoms with Gasteiger partial charge < -0.3 is 4.90 Å². The zero-order valence-corrected chi connectivity index (χ0v) is 23.8. The Labute approximate surface area is 237 Å². The first-order valence-electron chi connectivity index (χ1n) is 14.9. The number of hydrogen-bond donors (Lipinski definition) is 0. The molecule has 39 heavy (non-hydrogen) atoms. The number of aryl methyl sites for hydroxylation is 1. The van der Waals surface area contributed by atoms with Gasteiger partial charge in [0.25, 0.3) is 0 Å². The Balaban J connectivity index is 1.35. The van der Waals surface area contributed by atoms with E-state index in [1.807, 2.05) is 0 Å². The lowest BCUT2D eigenvalue weighted by Gasteiger charge is -2.33. The van der Waals surface area contributed by atoms with Crippen LogP contribution in [-0.2, 0) is 19.5 Å². The van der Waals surface area contributed by atoms with Crippen LogP contribution in [0.2, 0.25) is 0 Å². The van der Waals surface area contributed by atoms with Crippen LogP contribution in [0.25, 0.3) is 0 Å². The normalized spacial score (nSPS) is 12.2. The van der Waals surface area contributed by atoms with Crippen molar-refractivity contribution in [2.75, 3.05) is 20.1 Å². The lowest BCUT2D eigenvalue weighted by molar-refractivity contribution is 0.169. The topological polar surface area (TPSA) is 6.48 Å². The van der Waals surface area contributed by atoms with Crippen LogP contribution < -0.4 is 0 Å². The number of hydrogen-bond acceptors (Lipinski definition) is 2. The minimum Gasteiger partial charge on any atom is -0.302 e. The minimum atomic E-state index is 0.444. The van der Waals surface area contributed by atoms with Crippen LogP contribution in [0.3, 0.4) is 0 Å². The molecule has 0 saturated heterocycles. The molecule has 0 fully saturated rings. The highest BCUT2D eigenvalue weighted by molar-refractivity contribution is 5.21. The molecule has 1 unspecified atom stereocenters. The van der Waals surface area contributed by atoms with E-state index in [9.17, 15) is 0 Å². The Hall–Kier alpha value is -3.20. The van der Waals surface area contributed by atoms with Gasteiger partial charge in [-0.15, -0.1) is 0 Å². The Morgan fingerprint density at radius 3 is 1.62 bits per heavy atom. The second-order valence-corrected chi connectivity index (χ2v) is 10.9.